The van der Waals surface area contributed by atoms with Gasteiger partial charge in [0.1, 0.15) is 0 Å². The highest BCUT2D eigenvalue weighted by Gasteiger charge is 2.30. The lowest BCUT2D eigenvalue weighted by molar-refractivity contribution is 0.149. The molecule has 2 rings (SSSR count). The van der Waals surface area contributed by atoms with Crippen molar-refractivity contribution < 1.29 is 22.0 Å². The van der Waals surface area contributed by atoms with Crippen LogP contribution in [0.25, 0.3) is 0 Å². The van der Waals surface area contributed by atoms with E-state index in [-0.39, 0.29) is 24.9 Å². The number of rotatable bonds is 4. The van der Waals surface area contributed by atoms with Gasteiger partial charge in [-0.05, 0) is 6.42 Å². The fourth-order valence-electron chi connectivity index (χ4n) is 2.49. The lowest BCUT2D eigenvalue weighted by Crippen LogP contribution is -2.45. The minimum Gasteiger partial charge on any atom is -0.314 e. The lowest BCUT2D eigenvalue weighted by Gasteiger charge is -2.35. The molecule has 2 nitrogen and oxygen atoms in total. The van der Waals surface area contributed by atoms with E-state index >= 15 is 0 Å². The van der Waals surface area contributed by atoms with Crippen LogP contribution in [0.2, 0.25) is 0 Å². The number of hydrogen-bond donors (Lipinski definition) is 1. The molecule has 0 bridgehead atoms. The molecule has 1 aromatic rings. The van der Waals surface area contributed by atoms with E-state index < -0.39 is 41.5 Å². The smallest absolute Gasteiger partial charge is 0.166 e. The topological polar surface area (TPSA) is 15.3 Å². The van der Waals surface area contributed by atoms with Gasteiger partial charge in [-0.15, -0.1) is 12.4 Å². The second kappa shape index (κ2) is 7.91. The zero-order chi connectivity index (χ0) is 14.7. The average Bonchev–Trinajstić information content (AvgIpc) is 2.45. The van der Waals surface area contributed by atoms with Crippen LogP contribution in [0, 0.1) is 23.3 Å². The highest BCUT2D eigenvalue weighted by Crippen LogP contribution is 2.31. The third kappa shape index (κ3) is 3.84. The normalized spacial score (nSPS) is 17.4. The monoisotopic (exact) mass is 330 g/mol. The number of halogens is 6. The maximum atomic E-state index is 13.8. The van der Waals surface area contributed by atoms with Gasteiger partial charge in [0.2, 0.25) is 0 Å². The maximum absolute atomic E-state index is 13.8. The van der Waals surface area contributed by atoms with Crippen LogP contribution in [0.3, 0.4) is 0 Å². The Balaban J connectivity index is 0.00000220. The molecule has 1 fully saturated rings. The molecule has 0 unspecified atom stereocenters. The molecular weight excluding hydrogens is 315 g/mol. The Kier molecular flexibility index (Phi) is 6.83. The van der Waals surface area contributed by atoms with E-state index in [0.717, 1.165) is 0 Å². The molecule has 1 aliphatic rings. The van der Waals surface area contributed by atoms with Gasteiger partial charge in [-0.25, -0.2) is 17.6 Å². The summed E-state index contributed by atoms with van der Waals surface area (Å²) in [7, 11) is 0. The molecule has 0 aromatic heterocycles. The third-order valence-electron chi connectivity index (χ3n) is 3.45. The van der Waals surface area contributed by atoms with Gasteiger partial charge >= 0.3 is 0 Å². The van der Waals surface area contributed by atoms with Crippen LogP contribution in [0.15, 0.2) is 6.07 Å². The second-order valence-corrected chi connectivity index (χ2v) is 4.66. The van der Waals surface area contributed by atoms with Gasteiger partial charge in [0.15, 0.2) is 23.3 Å². The summed E-state index contributed by atoms with van der Waals surface area (Å²) in [6, 6.07) is -0.842. The van der Waals surface area contributed by atoms with Gasteiger partial charge in [-0.1, -0.05) is 0 Å². The van der Waals surface area contributed by atoms with Crippen molar-refractivity contribution >= 4 is 12.4 Å². The Morgan fingerprint density at radius 1 is 1.05 bits per heavy atom. The standard InChI is InChI=1S/C13H15F5N2.ClH/c14-2-1-10(20-5-3-19-4-6-20)11-12(17)8(15)7-9(16)13(11)18;/h7,10,19H,1-6H2;1H/t10-;/m0./s1. The lowest BCUT2D eigenvalue weighted by atomic mass is 9.99. The second-order valence-electron chi connectivity index (χ2n) is 4.66. The molecule has 1 heterocycles. The van der Waals surface area contributed by atoms with E-state index in [1.54, 1.807) is 4.90 Å². The molecule has 1 saturated heterocycles. The summed E-state index contributed by atoms with van der Waals surface area (Å²) in [5, 5.41) is 3.04. The minimum atomic E-state index is -1.46. The number of hydrogen-bond acceptors (Lipinski definition) is 2. The Bertz CT molecular complexity index is 454. The maximum Gasteiger partial charge on any atom is 0.166 e. The summed E-state index contributed by atoms with van der Waals surface area (Å²) < 4.78 is 66.9. The number of nitrogens with one attached hydrogen (secondary N) is 1. The number of alkyl halides is 1. The largest absolute Gasteiger partial charge is 0.314 e. The summed E-state index contributed by atoms with van der Waals surface area (Å²) in [6.07, 6.45) is -0.212. The summed E-state index contributed by atoms with van der Waals surface area (Å²) in [6.45, 7) is 1.18. The van der Waals surface area contributed by atoms with E-state index in [1.807, 2.05) is 0 Å². The molecule has 1 atom stereocenters. The summed E-state index contributed by atoms with van der Waals surface area (Å²) >= 11 is 0. The van der Waals surface area contributed by atoms with Crippen LogP contribution in [0.4, 0.5) is 22.0 Å². The molecule has 0 amide bonds. The van der Waals surface area contributed by atoms with Gasteiger partial charge in [0, 0.05) is 43.9 Å². The van der Waals surface area contributed by atoms with Crippen molar-refractivity contribution in [2.45, 2.75) is 12.5 Å². The molecular formula is C13H16ClF5N2. The predicted molar refractivity (Wildman–Crippen MR) is 71.3 cm³/mol. The van der Waals surface area contributed by atoms with E-state index in [9.17, 15) is 22.0 Å². The Hall–Kier alpha value is -0.920. The first kappa shape index (κ1) is 18.1. The van der Waals surface area contributed by atoms with Crippen molar-refractivity contribution in [1.29, 1.82) is 0 Å². The fraction of sp³-hybridized carbons (Fsp3) is 0.538. The van der Waals surface area contributed by atoms with Crippen LogP contribution in [-0.4, -0.2) is 37.8 Å². The van der Waals surface area contributed by atoms with Crippen molar-refractivity contribution in [2.24, 2.45) is 0 Å². The van der Waals surface area contributed by atoms with Crippen LogP contribution in [-0.2, 0) is 0 Å². The highest BCUT2D eigenvalue weighted by atomic mass is 35.5. The Labute approximate surface area is 125 Å². The summed E-state index contributed by atoms with van der Waals surface area (Å²) in [5.41, 5.74) is -0.720. The van der Waals surface area contributed by atoms with Crippen molar-refractivity contribution in [2.75, 3.05) is 32.9 Å². The van der Waals surface area contributed by atoms with Gasteiger partial charge in [-0.2, -0.15) is 0 Å². The molecule has 1 aliphatic heterocycles. The SMILES string of the molecule is Cl.FCC[C@@H](c1c(F)c(F)cc(F)c1F)N1CCNCC1. The molecule has 0 spiro atoms. The van der Waals surface area contributed by atoms with Crippen molar-refractivity contribution in [3.8, 4) is 0 Å². The van der Waals surface area contributed by atoms with Gasteiger partial charge in [0.05, 0.1) is 6.67 Å². The average molecular weight is 331 g/mol. The zero-order valence-electron chi connectivity index (χ0n) is 11.1. The van der Waals surface area contributed by atoms with Crippen LogP contribution in [0.1, 0.15) is 18.0 Å². The predicted octanol–water partition coefficient (Wildman–Crippen LogP) is 2.97. The zero-order valence-corrected chi connectivity index (χ0v) is 12.0. The number of piperazine rings is 1. The summed E-state index contributed by atoms with van der Waals surface area (Å²) in [5.74, 6) is -5.81. The molecule has 0 saturated carbocycles. The highest BCUT2D eigenvalue weighted by molar-refractivity contribution is 5.85. The van der Waals surface area contributed by atoms with Crippen LogP contribution in [0.5, 0.6) is 0 Å². The first-order chi connectivity index (χ1) is 9.56. The first-order valence-corrected chi connectivity index (χ1v) is 6.40. The minimum absolute atomic E-state index is 0. The van der Waals surface area contributed by atoms with Gasteiger partial charge in [-0.3, -0.25) is 9.29 Å². The van der Waals surface area contributed by atoms with E-state index in [4.69, 9.17) is 0 Å². The summed E-state index contributed by atoms with van der Waals surface area (Å²) in [4.78, 5) is 1.64. The molecule has 120 valence electrons. The van der Waals surface area contributed by atoms with E-state index in [1.165, 1.54) is 0 Å². The molecule has 21 heavy (non-hydrogen) atoms. The van der Waals surface area contributed by atoms with Crippen LogP contribution >= 0.6 is 12.4 Å². The van der Waals surface area contributed by atoms with Gasteiger partial charge in [0.25, 0.3) is 0 Å². The van der Waals surface area contributed by atoms with Gasteiger partial charge < -0.3 is 5.32 Å². The number of nitrogens with zero attached hydrogens (tertiary/aromatic N) is 1. The Morgan fingerprint density at radius 2 is 1.57 bits per heavy atom. The quantitative estimate of drug-likeness (QED) is 0.674. The van der Waals surface area contributed by atoms with Crippen molar-refractivity contribution in [3.63, 3.8) is 0 Å². The van der Waals surface area contributed by atoms with E-state index in [0.29, 0.717) is 26.2 Å². The molecule has 8 heteroatoms. The Morgan fingerprint density at radius 3 is 2.05 bits per heavy atom. The van der Waals surface area contributed by atoms with Crippen molar-refractivity contribution in [1.82, 2.24) is 10.2 Å². The first-order valence-electron chi connectivity index (χ1n) is 6.40. The molecule has 1 aromatic carbocycles. The molecule has 1 N–H and O–H groups in total. The molecule has 0 radical (unpaired) electrons. The molecule has 0 aliphatic carbocycles. The third-order valence-corrected chi connectivity index (χ3v) is 3.45. The van der Waals surface area contributed by atoms with Crippen LogP contribution < -0.4 is 5.32 Å². The van der Waals surface area contributed by atoms with E-state index in [2.05, 4.69) is 5.32 Å². The number of benzene rings is 1. The fourth-order valence-corrected chi connectivity index (χ4v) is 2.49. The van der Waals surface area contributed by atoms with Crippen molar-refractivity contribution in [3.05, 3.63) is 34.9 Å².